The lowest BCUT2D eigenvalue weighted by Gasteiger charge is -2.05. The third-order valence-corrected chi connectivity index (χ3v) is 4.22. The molecule has 0 atom stereocenters. The Morgan fingerprint density at radius 3 is 2.67 bits per heavy atom. The third kappa shape index (κ3) is 4.51. The number of hydrogen-bond donors (Lipinski definition) is 3. The van der Waals surface area contributed by atoms with E-state index >= 15 is 0 Å². The monoisotopic (exact) mass is 384 g/mol. The van der Waals surface area contributed by atoms with Crippen molar-refractivity contribution >= 4 is 40.0 Å². The van der Waals surface area contributed by atoms with E-state index in [-0.39, 0.29) is 23.9 Å². The zero-order chi connectivity index (χ0) is 19.2. The highest BCUT2D eigenvalue weighted by Gasteiger charge is 2.11. The van der Waals surface area contributed by atoms with Crippen LogP contribution in [0.1, 0.15) is 23.2 Å². The molecule has 2 amide bonds. The maximum absolute atomic E-state index is 12.0. The van der Waals surface area contributed by atoms with Crippen LogP contribution in [0.25, 0.3) is 10.9 Å². The molecule has 0 aliphatic heterocycles. The summed E-state index contributed by atoms with van der Waals surface area (Å²) in [6, 6.07) is 13.9. The zero-order valence-electron chi connectivity index (χ0n) is 14.3. The first-order valence-electron chi connectivity index (χ1n) is 8.33. The largest absolute Gasteiger partial charge is 0.493 e. The Hall–Kier alpha value is -3.19. The van der Waals surface area contributed by atoms with Gasteiger partial charge in [0.15, 0.2) is 5.69 Å². The van der Waals surface area contributed by atoms with Crippen LogP contribution in [0, 0.1) is 0 Å². The van der Waals surface area contributed by atoms with Crippen molar-refractivity contribution < 1.29 is 14.7 Å². The summed E-state index contributed by atoms with van der Waals surface area (Å²) < 4.78 is 0. The van der Waals surface area contributed by atoms with E-state index in [9.17, 15) is 14.7 Å². The maximum Gasteiger partial charge on any atom is 0.264 e. The minimum Gasteiger partial charge on any atom is -0.493 e. The van der Waals surface area contributed by atoms with Gasteiger partial charge in [0.05, 0.1) is 16.1 Å². The van der Waals surface area contributed by atoms with Crippen LogP contribution in [-0.2, 0) is 4.79 Å². The van der Waals surface area contributed by atoms with Crippen LogP contribution in [0.2, 0.25) is 5.02 Å². The summed E-state index contributed by atoms with van der Waals surface area (Å²) in [6.45, 7) is 0.309. The highest BCUT2D eigenvalue weighted by molar-refractivity contribution is 6.33. The Balaban J connectivity index is 1.50. The van der Waals surface area contributed by atoms with Gasteiger partial charge in [-0.3, -0.25) is 9.59 Å². The van der Waals surface area contributed by atoms with Crippen LogP contribution in [0.4, 0.5) is 5.69 Å². The number of aromatic amines is 1. The number of azo groups is 1. The molecular weight excluding hydrogens is 368 g/mol. The molecule has 0 aliphatic carbocycles. The molecule has 2 aromatic carbocycles. The molecular formula is C19H17ClN4O3. The van der Waals surface area contributed by atoms with Gasteiger partial charge < -0.3 is 15.4 Å². The van der Waals surface area contributed by atoms with Crippen molar-refractivity contribution in [3.8, 4) is 5.88 Å². The quantitative estimate of drug-likeness (QED) is 0.434. The lowest BCUT2D eigenvalue weighted by atomic mass is 10.2. The number of hydrogen-bond acceptors (Lipinski definition) is 4. The fourth-order valence-corrected chi connectivity index (χ4v) is 2.77. The van der Waals surface area contributed by atoms with Gasteiger partial charge in [0, 0.05) is 18.4 Å². The van der Waals surface area contributed by atoms with Crippen LogP contribution in [0.3, 0.4) is 0 Å². The van der Waals surface area contributed by atoms with Gasteiger partial charge in [-0.15, -0.1) is 10.2 Å². The summed E-state index contributed by atoms with van der Waals surface area (Å²) >= 11 is 5.96. The van der Waals surface area contributed by atoms with Crippen LogP contribution in [-0.4, -0.2) is 28.4 Å². The Labute approximate surface area is 160 Å². The molecule has 0 unspecified atom stereocenters. The minimum atomic E-state index is -0.438. The second kappa shape index (κ2) is 8.46. The highest BCUT2D eigenvalue weighted by Crippen LogP contribution is 2.35. The topological polar surface area (TPSA) is 107 Å². The highest BCUT2D eigenvalue weighted by atomic mass is 35.5. The van der Waals surface area contributed by atoms with E-state index < -0.39 is 5.91 Å². The summed E-state index contributed by atoms with van der Waals surface area (Å²) in [7, 11) is 0. The number of fused-ring (bicyclic) bond motifs is 1. The fraction of sp³-hybridized carbons (Fsp3) is 0.158. The summed E-state index contributed by atoms with van der Waals surface area (Å²) in [5.41, 5.74) is 1.32. The number of aromatic hydroxyl groups is 1. The Bertz CT molecular complexity index is 1010. The van der Waals surface area contributed by atoms with Crippen molar-refractivity contribution in [2.24, 2.45) is 10.2 Å². The van der Waals surface area contributed by atoms with Gasteiger partial charge in [-0.05, 0) is 24.6 Å². The zero-order valence-corrected chi connectivity index (χ0v) is 15.0. The molecule has 0 radical (unpaired) electrons. The molecule has 0 saturated carbocycles. The number of nitrogens with zero attached hydrogens (tertiary/aromatic N) is 2. The number of H-pyrrole nitrogens is 1. The predicted molar refractivity (Wildman–Crippen MR) is 103 cm³/mol. The van der Waals surface area contributed by atoms with E-state index in [0.717, 1.165) is 0 Å². The smallest absolute Gasteiger partial charge is 0.264 e. The average Bonchev–Trinajstić information content (AvgIpc) is 2.99. The second-order valence-electron chi connectivity index (χ2n) is 5.80. The summed E-state index contributed by atoms with van der Waals surface area (Å²) in [5, 5.41) is 21.1. The standard InChI is InChI=1S/C19H17ClN4O3/c20-14-8-3-1-6-12(14)18(26)21-11-5-10-16(25)23-24-17-13-7-2-4-9-15(13)22-19(17)27/h1-4,6-9,22,27H,5,10-11H2,(H,21,26). The molecule has 3 N–H and O–H groups in total. The Morgan fingerprint density at radius 2 is 1.85 bits per heavy atom. The number of nitrogens with one attached hydrogen (secondary N) is 2. The number of amides is 2. The number of rotatable bonds is 6. The molecule has 0 aliphatic rings. The van der Waals surface area contributed by atoms with Crippen molar-refractivity contribution in [1.29, 1.82) is 0 Å². The molecule has 8 heteroatoms. The van der Waals surface area contributed by atoms with E-state index in [1.165, 1.54) is 0 Å². The molecule has 0 saturated heterocycles. The molecule has 0 spiro atoms. The van der Waals surface area contributed by atoms with Crippen molar-refractivity contribution in [3.63, 3.8) is 0 Å². The van der Waals surface area contributed by atoms with Gasteiger partial charge in [-0.2, -0.15) is 0 Å². The van der Waals surface area contributed by atoms with E-state index in [1.807, 2.05) is 6.07 Å². The van der Waals surface area contributed by atoms with Crippen molar-refractivity contribution in [3.05, 3.63) is 59.1 Å². The lowest BCUT2D eigenvalue weighted by molar-refractivity contribution is -0.118. The number of benzene rings is 2. The second-order valence-corrected chi connectivity index (χ2v) is 6.21. The molecule has 0 fully saturated rings. The van der Waals surface area contributed by atoms with Crippen LogP contribution in [0.15, 0.2) is 58.8 Å². The van der Waals surface area contributed by atoms with Gasteiger partial charge in [0.1, 0.15) is 0 Å². The predicted octanol–water partition coefficient (Wildman–Crippen LogP) is 4.35. The summed E-state index contributed by atoms with van der Waals surface area (Å²) in [4.78, 5) is 26.6. The third-order valence-electron chi connectivity index (χ3n) is 3.89. The van der Waals surface area contributed by atoms with Crippen LogP contribution < -0.4 is 5.32 Å². The van der Waals surface area contributed by atoms with Gasteiger partial charge in [0.2, 0.25) is 5.88 Å². The lowest BCUT2D eigenvalue weighted by Crippen LogP contribution is -2.25. The molecule has 138 valence electrons. The molecule has 7 nitrogen and oxygen atoms in total. The normalized spacial score (nSPS) is 11.1. The fourth-order valence-electron chi connectivity index (χ4n) is 2.55. The van der Waals surface area contributed by atoms with E-state index in [1.54, 1.807) is 42.5 Å². The van der Waals surface area contributed by atoms with E-state index in [2.05, 4.69) is 20.5 Å². The molecule has 27 heavy (non-hydrogen) atoms. The van der Waals surface area contributed by atoms with Gasteiger partial charge >= 0.3 is 0 Å². The van der Waals surface area contributed by atoms with Crippen molar-refractivity contribution in [2.45, 2.75) is 12.8 Å². The molecule has 3 rings (SSSR count). The number of aromatic nitrogens is 1. The van der Waals surface area contributed by atoms with Gasteiger partial charge in [-0.1, -0.05) is 41.9 Å². The SMILES string of the molecule is O=C(CCCNC(=O)c1ccccc1Cl)N=Nc1c(O)[nH]c2ccccc12. The Morgan fingerprint density at radius 1 is 1.11 bits per heavy atom. The number of para-hydroxylation sites is 1. The summed E-state index contributed by atoms with van der Waals surface area (Å²) in [5.74, 6) is -0.871. The molecule has 0 bridgehead atoms. The van der Waals surface area contributed by atoms with E-state index in [4.69, 9.17) is 11.6 Å². The van der Waals surface area contributed by atoms with E-state index in [0.29, 0.717) is 34.5 Å². The number of carbonyl (C=O) groups is 2. The summed E-state index contributed by atoms with van der Waals surface area (Å²) in [6.07, 6.45) is 0.531. The first kappa shape index (κ1) is 18.6. The first-order chi connectivity index (χ1) is 13.1. The van der Waals surface area contributed by atoms with Gasteiger partial charge in [-0.25, -0.2) is 0 Å². The van der Waals surface area contributed by atoms with Crippen molar-refractivity contribution in [2.75, 3.05) is 6.54 Å². The van der Waals surface area contributed by atoms with Gasteiger partial charge in [0.25, 0.3) is 11.8 Å². The Kier molecular flexibility index (Phi) is 5.83. The van der Waals surface area contributed by atoms with Crippen LogP contribution >= 0.6 is 11.6 Å². The van der Waals surface area contributed by atoms with Crippen LogP contribution in [0.5, 0.6) is 5.88 Å². The average molecular weight is 385 g/mol. The molecule has 3 aromatic rings. The maximum atomic E-state index is 12.0. The first-order valence-corrected chi connectivity index (χ1v) is 8.71. The van der Waals surface area contributed by atoms with Crippen molar-refractivity contribution in [1.82, 2.24) is 10.3 Å². The molecule has 1 aromatic heterocycles. The number of halogens is 1. The number of carbonyl (C=O) groups excluding carboxylic acids is 2. The minimum absolute atomic E-state index is 0.120. The molecule has 1 heterocycles.